The first-order valence-electron chi connectivity index (χ1n) is 5.04. The second kappa shape index (κ2) is 3.89. The highest BCUT2D eigenvalue weighted by molar-refractivity contribution is 6.28. The van der Waals surface area contributed by atoms with E-state index in [0.29, 0.717) is 11.3 Å². The van der Waals surface area contributed by atoms with Crippen molar-refractivity contribution in [3.05, 3.63) is 41.1 Å². The zero-order valence-electron chi connectivity index (χ0n) is 8.88. The molecule has 5 nitrogen and oxygen atoms in total. The van der Waals surface area contributed by atoms with Gasteiger partial charge < -0.3 is 13.9 Å². The molecule has 18 heavy (non-hydrogen) atoms. The molecule has 0 saturated carbocycles. The summed E-state index contributed by atoms with van der Waals surface area (Å²) in [7, 11) is 0. The summed E-state index contributed by atoms with van der Waals surface area (Å²) < 4.78 is 10.6. The molecular formula is C12H6ClNO4. The predicted octanol–water partition coefficient (Wildman–Crippen LogP) is 3.44. The van der Waals surface area contributed by atoms with Crippen LogP contribution in [-0.2, 0) is 0 Å². The van der Waals surface area contributed by atoms with Crippen molar-refractivity contribution in [2.45, 2.75) is 0 Å². The van der Waals surface area contributed by atoms with E-state index in [9.17, 15) is 4.79 Å². The van der Waals surface area contributed by atoms with Crippen LogP contribution in [-0.4, -0.2) is 16.1 Å². The Kier molecular flexibility index (Phi) is 2.34. The van der Waals surface area contributed by atoms with Gasteiger partial charge in [-0.1, -0.05) is 6.07 Å². The molecule has 0 fully saturated rings. The molecule has 3 aromatic rings. The van der Waals surface area contributed by atoms with Crippen molar-refractivity contribution in [1.82, 2.24) is 4.98 Å². The second-order valence-corrected chi connectivity index (χ2v) is 3.95. The third-order valence-corrected chi connectivity index (χ3v) is 2.63. The summed E-state index contributed by atoms with van der Waals surface area (Å²) in [4.78, 5) is 15.2. The van der Waals surface area contributed by atoms with Crippen molar-refractivity contribution in [3.63, 3.8) is 0 Å². The molecule has 1 aromatic carbocycles. The first kappa shape index (κ1) is 10.9. The molecule has 0 unspecified atom stereocenters. The van der Waals surface area contributed by atoms with E-state index in [1.807, 2.05) is 0 Å². The number of halogens is 1. The van der Waals surface area contributed by atoms with Gasteiger partial charge in [0.2, 0.25) is 0 Å². The summed E-state index contributed by atoms with van der Waals surface area (Å²) in [6, 6.07) is 7.89. The van der Waals surface area contributed by atoms with Gasteiger partial charge in [0, 0.05) is 0 Å². The first-order valence-corrected chi connectivity index (χ1v) is 5.41. The van der Waals surface area contributed by atoms with Gasteiger partial charge in [0.15, 0.2) is 16.6 Å². The lowest BCUT2D eigenvalue weighted by molar-refractivity contribution is 0.0698. The molecule has 6 heteroatoms. The number of carboxylic acid groups (broad SMARTS) is 1. The van der Waals surface area contributed by atoms with Gasteiger partial charge in [-0.3, -0.25) is 0 Å². The molecule has 90 valence electrons. The highest BCUT2D eigenvalue weighted by atomic mass is 35.5. The number of rotatable bonds is 2. The number of carboxylic acids is 1. The molecule has 3 rings (SSSR count). The Labute approximate surface area is 106 Å². The van der Waals surface area contributed by atoms with Gasteiger partial charge in [-0.05, 0) is 35.9 Å². The molecule has 0 spiro atoms. The minimum Gasteiger partial charge on any atom is -0.478 e. The van der Waals surface area contributed by atoms with E-state index in [-0.39, 0.29) is 22.3 Å². The molecule has 0 saturated heterocycles. The number of benzene rings is 1. The molecule has 1 N–H and O–H groups in total. The normalized spacial score (nSPS) is 10.9. The molecule has 0 aliphatic carbocycles. The van der Waals surface area contributed by atoms with Crippen molar-refractivity contribution < 1.29 is 18.7 Å². The van der Waals surface area contributed by atoms with E-state index in [2.05, 4.69) is 4.98 Å². The first-order chi connectivity index (χ1) is 8.65. The van der Waals surface area contributed by atoms with Gasteiger partial charge in [0.1, 0.15) is 11.1 Å². The van der Waals surface area contributed by atoms with Crippen LogP contribution in [0.25, 0.3) is 22.8 Å². The van der Waals surface area contributed by atoms with Crippen molar-refractivity contribution in [1.29, 1.82) is 0 Å². The van der Waals surface area contributed by atoms with Gasteiger partial charge in [-0.15, -0.1) is 0 Å². The van der Waals surface area contributed by atoms with Crippen molar-refractivity contribution in [3.8, 4) is 11.7 Å². The zero-order chi connectivity index (χ0) is 12.7. The van der Waals surface area contributed by atoms with Gasteiger partial charge in [-0.2, -0.15) is 0 Å². The predicted molar refractivity (Wildman–Crippen MR) is 63.7 cm³/mol. The third kappa shape index (κ3) is 1.65. The number of carbonyl (C=O) groups is 1. The fourth-order valence-corrected chi connectivity index (χ4v) is 1.80. The average Bonchev–Trinajstić information content (AvgIpc) is 2.93. The molecular weight excluding hydrogens is 258 g/mol. The van der Waals surface area contributed by atoms with Crippen molar-refractivity contribution in [2.24, 2.45) is 0 Å². The van der Waals surface area contributed by atoms with Crippen molar-refractivity contribution in [2.75, 3.05) is 0 Å². The van der Waals surface area contributed by atoms with E-state index < -0.39 is 5.97 Å². The lowest BCUT2D eigenvalue weighted by atomic mass is 10.2. The lowest BCUT2D eigenvalue weighted by Gasteiger charge is -1.92. The Morgan fingerprint density at radius 3 is 2.72 bits per heavy atom. The Morgan fingerprint density at radius 1 is 1.22 bits per heavy atom. The number of para-hydroxylation sites is 1. The maximum Gasteiger partial charge on any atom is 0.339 e. The highest BCUT2D eigenvalue weighted by Gasteiger charge is 2.17. The van der Waals surface area contributed by atoms with E-state index in [1.165, 1.54) is 6.07 Å². The molecule has 0 bridgehead atoms. The SMILES string of the molecule is O=C(O)c1cccc2nc(-c3ccc(Cl)o3)oc12. The van der Waals surface area contributed by atoms with Crippen LogP contribution in [0.3, 0.4) is 0 Å². The van der Waals surface area contributed by atoms with Gasteiger partial charge in [0.05, 0.1) is 0 Å². The fourth-order valence-electron chi connectivity index (χ4n) is 1.65. The summed E-state index contributed by atoms with van der Waals surface area (Å²) >= 11 is 5.66. The van der Waals surface area contributed by atoms with Crippen LogP contribution in [0, 0.1) is 0 Å². The minimum atomic E-state index is -1.07. The maximum atomic E-state index is 11.0. The van der Waals surface area contributed by atoms with Crippen LogP contribution in [0.5, 0.6) is 0 Å². The number of nitrogens with zero attached hydrogens (tertiary/aromatic N) is 1. The Balaban J connectivity index is 2.22. The summed E-state index contributed by atoms with van der Waals surface area (Å²) in [6.07, 6.45) is 0. The average molecular weight is 264 g/mol. The molecule has 2 aromatic heterocycles. The summed E-state index contributed by atoms with van der Waals surface area (Å²) in [5, 5.41) is 9.25. The molecule has 0 radical (unpaired) electrons. The number of fused-ring (bicyclic) bond motifs is 1. The van der Waals surface area contributed by atoms with E-state index in [1.54, 1.807) is 24.3 Å². The third-order valence-electron chi connectivity index (χ3n) is 2.43. The van der Waals surface area contributed by atoms with Crippen molar-refractivity contribution >= 4 is 28.7 Å². The molecule has 0 aliphatic rings. The van der Waals surface area contributed by atoms with Gasteiger partial charge >= 0.3 is 5.97 Å². The summed E-state index contributed by atoms with van der Waals surface area (Å²) in [5.74, 6) is -0.515. The number of aromatic carboxylic acids is 1. The van der Waals surface area contributed by atoms with Gasteiger partial charge in [0.25, 0.3) is 5.89 Å². The number of oxazole rings is 1. The quantitative estimate of drug-likeness (QED) is 0.766. The van der Waals surface area contributed by atoms with Gasteiger partial charge in [-0.25, -0.2) is 9.78 Å². The lowest BCUT2D eigenvalue weighted by Crippen LogP contribution is -1.95. The van der Waals surface area contributed by atoms with Crippen LogP contribution in [0.2, 0.25) is 5.22 Å². The van der Waals surface area contributed by atoms with Crippen LogP contribution in [0.1, 0.15) is 10.4 Å². The minimum absolute atomic E-state index is 0.0592. The van der Waals surface area contributed by atoms with Crippen LogP contribution < -0.4 is 0 Å². The molecule has 0 amide bonds. The monoisotopic (exact) mass is 263 g/mol. The molecule has 0 aliphatic heterocycles. The fraction of sp³-hybridized carbons (Fsp3) is 0. The summed E-state index contributed by atoms with van der Waals surface area (Å²) in [5.41, 5.74) is 0.730. The number of furan rings is 1. The smallest absolute Gasteiger partial charge is 0.339 e. The Bertz CT molecular complexity index is 743. The molecule has 2 heterocycles. The summed E-state index contributed by atoms with van der Waals surface area (Å²) in [6.45, 7) is 0. The number of hydrogen-bond donors (Lipinski definition) is 1. The highest BCUT2D eigenvalue weighted by Crippen LogP contribution is 2.28. The topological polar surface area (TPSA) is 76.5 Å². The van der Waals surface area contributed by atoms with E-state index in [4.69, 9.17) is 25.5 Å². The Morgan fingerprint density at radius 2 is 2.06 bits per heavy atom. The zero-order valence-corrected chi connectivity index (χ0v) is 9.64. The second-order valence-electron chi connectivity index (χ2n) is 3.58. The largest absolute Gasteiger partial charge is 0.478 e. The van der Waals surface area contributed by atoms with E-state index >= 15 is 0 Å². The van der Waals surface area contributed by atoms with Crippen LogP contribution in [0.4, 0.5) is 0 Å². The van der Waals surface area contributed by atoms with E-state index in [0.717, 1.165) is 0 Å². The number of hydrogen-bond acceptors (Lipinski definition) is 4. The van der Waals surface area contributed by atoms with Crippen LogP contribution in [0.15, 0.2) is 39.2 Å². The molecule has 0 atom stereocenters. The maximum absolute atomic E-state index is 11.0. The standard InChI is InChI=1S/C12H6ClNO4/c13-9-5-4-8(17-9)11-14-7-3-1-2-6(12(15)16)10(7)18-11/h1-5H,(H,15,16). The number of aromatic nitrogens is 1. The van der Waals surface area contributed by atoms with Crippen LogP contribution >= 0.6 is 11.6 Å². The Hall–Kier alpha value is -2.27.